The van der Waals surface area contributed by atoms with E-state index in [0.717, 1.165) is 25.9 Å². The molecule has 0 aliphatic carbocycles. The number of carbonyl (C=O) groups excluding carboxylic acids is 2. The lowest BCUT2D eigenvalue weighted by molar-refractivity contribution is -0.142. The first kappa shape index (κ1) is 20.8. The van der Waals surface area contributed by atoms with Gasteiger partial charge in [-0.25, -0.2) is 0 Å². The van der Waals surface area contributed by atoms with Gasteiger partial charge in [0.1, 0.15) is 0 Å². The number of piperidine rings is 1. The van der Waals surface area contributed by atoms with Gasteiger partial charge in [-0.05, 0) is 44.3 Å². The molecule has 5 nitrogen and oxygen atoms in total. The fourth-order valence-corrected chi connectivity index (χ4v) is 4.35. The highest BCUT2D eigenvalue weighted by molar-refractivity contribution is 5.82. The van der Waals surface area contributed by atoms with Crippen LogP contribution >= 0.6 is 0 Å². The molecule has 1 aromatic carbocycles. The first-order valence-electron chi connectivity index (χ1n) is 10.7. The molecule has 2 fully saturated rings. The largest absolute Gasteiger partial charge is 0.354 e. The lowest BCUT2D eigenvalue weighted by atomic mass is 9.90. The Bertz CT molecular complexity index is 654. The van der Waals surface area contributed by atoms with E-state index in [4.69, 9.17) is 0 Å². The van der Waals surface area contributed by atoms with Gasteiger partial charge in [0.25, 0.3) is 0 Å². The summed E-state index contributed by atoms with van der Waals surface area (Å²) in [5.74, 6) is 0.339. The second kappa shape index (κ2) is 9.08. The Hall–Kier alpha value is -1.88. The van der Waals surface area contributed by atoms with Crippen molar-refractivity contribution < 1.29 is 9.59 Å². The third-order valence-electron chi connectivity index (χ3n) is 6.03. The van der Waals surface area contributed by atoms with E-state index in [1.54, 1.807) is 0 Å². The van der Waals surface area contributed by atoms with Crippen LogP contribution in [0.1, 0.15) is 58.1 Å². The van der Waals surface area contributed by atoms with E-state index < -0.39 is 0 Å². The van der Waals surface area contributed by atoms with Gasteiger partial charge in [-0.15, -0.1) is 0 Å². The van der Waals surface area contributed by atoms with Crippen LogP contribution in [0.5, 0.6) is 0 Å². The zero-order valence-corrected chi connectivity index (χ0v) is 17.6. The molecule has 0 saturated carbocycles. The molecular formula is C23H35N3O2. The summed E-state index contributed by atoms with van der Waals surface area (Å²) in [5, 5.41) is 3.22. The second-order valence-corrected chi connectivity index (χ2v) is 9.23. The molecule has 1 atom stereocenters. The van der Waals surface area contributed by atoms with Gasteiger partial charge in [0.05, 0.1) is 6.04 Å². The van der Waals surface area contributed by atoms with Crippen LogP contribution in [0.15, 0.2) is 30.3 Å². The van der Waals surface area contributed by atoms with Crippen molar-refractivity contribution >= 4 is 11.8 Å². The lowest BCUT2D eigenvalue weighted by Gasteiger charge is -2.35. The van der Waals surface area contributed by atoms with Crippen molar-refractivity contribution in [2.75, 3.05) is 32.7 Å². The number of rotatable bonds is 5. The van der Waals surface area contributed by atoms with Gasteiger partial charge in [0, 0.05) is 31.0 Å². The Morgan fingerprint density at radius 2 is 1.64 bits per heavy atom. The SMILES string of the molecule is CC(C)(C)C(=O)N1CCC(C(=O)NCC(c2ccccc2)N2CCCC2)CC1. The van der Waals surface area contributed by atoms with Crippen molar-refractivity contribution in [1.82, 2.24) is 15.1 Å². The molecule has 0 radical (unpaired) electrons. The van der Waals surface area contributed by atoms with E-state index in [2.05, 4.69) is 34.5 Å². The number of amides is 2. The summed E-state index contributed by atoms with van der Waals surface area (Å²) in [6.45, 7) is 10.1. The fourth-order valence-electron chi connectivity index (χ4n) is 4.35. The summed E-state index contributed by atoms with van der Waals surface area (Å²) >= 11 is 0. The van der Waals surface area contributed by atoms with Crippen molar-refractivity contribution in [3.8, 4) is 0 Å². The van der Waals surface area contributed by atoms with Crippen molar-refractivity contribution in [1.29, 1.82) is 0 Å². The third-order valence-corrected chi connectivity index (χ3v) is 6.03. The Morgan fingerprint density at radius 1 is 1.04 bits per heavy atom. The van der Waals surface area contributed by atoms with Crippen LogP contribution in [-0.2, 0) is 9.59 Å². The molecule has 1 unspecified atom stereocenters. The molecule has 3 rings (SSSR count). The number of hydrogen-bond donors (Lipinski definition) is 1. The highest BCUT2D eigenvalue weighted by Crippen LogP contribution is 2.26. The minimum Gasteiger partial charge on any atom is -0.354 e. The van der Waals surface area contributed by atoms with Gasteiger partial charge in [-0.3, -0.25) is 14.5 Å². The predicted octanol–water partition coefficient (Wildman–Crippen LogP) is 3.22. The first-order chi connectivity index (χ1) is 13.4. The van der Waals surface area contributed by atoms with Gasteiger partial charge in [0.2, 0.25) is 11.8 Å². The average Bonchev–Trinajstić information content (AvgIpc) is 3.22. The number of benzene rings is 1. The summed E-state index contributed by atoms with van der Waals surface area (Å²) in [6.07, 6.45) is 3.98. The monoisotopic (exact) mass is 385 g/mol. The molecule has 2 saturated heterocycles. The maximum atomic E-state index is 12.8. The zero-order valence-electron chi connectivity index (χ0n) is 17.6. The van der Waals surface area contributed by atoms with Crippen LogP contribution in [0.25, 0.3) is 0 Å². The summed E-state index contributed by atoms with van der Waals surface area (Å²) in [4.78, 5) is 29.6. The predicted molar refractivity (Wildman–Crippen MR) is 112 cm³/mol. The minimum atomic E-state index is -0.353. The third kappa shape index (κ3) is 5.13. The van der Waals surface area contributed by atoms with Gasteiger partial charge >= 0.3 is 0 Å². The van der Waals surface area contributed by atoms with E-state index in [1.807, 2.05) is 31.7 Å². The summed E-state index contributed by atoms with van der Waals surface area (Å²) in [5.41, 5.74) is 0.920. The lowest BCUT2D eigenvalue weighted by Crippen LogP contribution is -2.47. The Balaban J connectivity index is 1.53. The molecule has 2 amide bonds. The van der Waals surface area contributed by atoms with Gasteiger partial charge in [-0.2, -0.15) is 0 Å². The molecule has 2 aliphatic rings. The first-order valence-corrected chi connectivity index (χ1v) is 10.7. The van der Waals surface area contributed by atoms with Crippen LogP contribution in [0.2, 0.25) is 0 Å². The highest BCUT2D eigenvalue weighted by atomic mass is 16.2. The molecule has 0 bridgehead atoms. The quantitative estimate of drug-likeness (QED) is 0.847. The standard InChI is InChI=1S/C23H35N3O2/c1-23(2,3)22(28)26-15-11-19(12-16-26)21(27)24-17-20(25-13-7-8-14-25)18-9-5-4-6-10-18/h4-6,9-10,19-20H,7-8,11-17H2,1-3H3,(H,24,27). The summed E-state index contributed by atoms with van der Waals surface area (Å²) in [7, 11) is 0. The van der Waals surface area contributed by atoms with Crippen molar-refractivity contribution in [3.63, 3.8) is 0 Å². The Labute approximate surface area is 169 Å². The molecule has 1 aromatic rings. The van der Waals surface area contributed by atoms with E-state index in [9.17, 15) is 9.59 Å². The molecule has 154 valence electrons. The molecule has 5 heteroatoms. The normalized spacial score (nSPS) is 20.2. The Kier molecular flexibility index (Phi) is 6.76. The number of carbonyl (C=O) groups is 2. The molecule has 2 heterocycles. The highest BCUT2D eigenvalue weighted by Gasteiger charge is 2.33. The van der Waals surface area contributed by atoms with Crippen molar-refractivity contribution in [2.45, 2.75) is 52.5 Å². The summed E-state index contributed by atoms with van der Waals surface area (Å²) in [6, 6.07) is 10.7. The van der Waals surface area contributed by atoms with E-state index in [-0.39, 0.29) is 29.2 Å². The number of nitrogens with zero attached hydrogens (tertiary/aromatic N) is 2. The number of likely N-dealkylation sites (tertiary alicyclic amines) is 2. The molecule has 0 spiro atoms. The van der Waals surface area contributed by atoms with Crippen LogP contribution in [0.4, 0.5) is 0 Å². The van der Waals surface area contributed by atoms with Gasteiger partial charge in [-0.1, -0.05) is 51.1 Å². The molecule has 28 heavy (non-hydrogen) atoms. The smallest absolute Gasteiger partial charge is 0.227 e. The Morgan fingerprint density at radius 3 is 2.21 bits per heavy atom. The topological polar surface area (TPSA) is 52.7 Å². The summed E-state index contributed by atoms with van der Waals surface area (Å²) < 4.78 is 0. The average molecular weight is 386 g/mol. The van der Waals surface area contributed by atoms with Crippen LogP contribution < -0.4 is 5.32 Å². The second-order valence-electron chi connectivity index (χ2n) is 9.23. The molecule has 0 aromatic heterocycles. The molecule has 2 aliphatic heterocycles. The minimum absolute atomic E-state index is 0.0130. The maximum Gasteiger partial charge on any atom is 0.227 e. The van der Waals surface area contributed by atoms with E-state index >= 15 is 0 Å². The van der Waals surface area contributed by atoms with Crippen molar-refractivity contribution in [3.05, 3.63) is 35.9 Å². The van der Waals surface area contributed by atoms with Crippen LogP contribution in [0.3, 0.4) is 0 Å². The maximum absolute atomic E-state index is 12.8. The zero-order chi connectivity index (χ0) is 20.1. The number of nitrogens with one attached hydrogen (secondary N) is 1. The van der Waals surface area contributed by atoms with Crippen molar-refractivity contribution in [2.24, 2.45) is 11.3 Å². The molecular weight excluding hydrogens is 350 g/mol. The number of hydrogen-bond acceptors (Lipinski definition) is 3. The van der Waals surface area contributed by atoms with Gasteiger partial charge in [0.15, 0.2) is 0 Å². The fraction of sp³-hybridized carbons (Fsp3) is 0.652. The van der Waals surface area contributed by atoms with Crippen LogP contribution in [0, 0.1) is 11.3 Å². The van der Waals surface area contributed by atoms with Crippen LogP contribution in [-0.4, -0.2) is 54.3 Å². The van der Waals surface area contributed by atoms with Gasteiger partial charge < -0.3 is 10.2 Å². The molecule has 1 N–H and O–H groups in total. The van der Waals surface area contributed by atoms with E-state index in [1.165, 1.54) is 18.4 Å². The van der Waals surface area contributed by atoms with E-state index in [0.29, 0.717) is 19.6 Å².